The minimum Gasteiger partial charge on any atom is -0.447 e. The lowest BCUT2D eigenvalue weighted by atomic mass is 10.3. The smallest absolute Gasteiger partial charge is 0.308 e. The zero-order valence-electron chi connectivity index (χ0n) is 8.06. The highest BCUT2D eigenvalue weighted by atomic mass is 32.2. The van der Waals surface area contributed by atoms with E-state index in [4.69, 9.17) is 10.00 Å². The van der Waals surface area contributed by atoms with E-state index < -0.39 is 6.10 Å². The second kappa shape index (κ2) is 6.20. The van der Waals surface area contributed by atoms with Crippen LogP contribution in [0.5, 0.6) is 0 Å². The number of nitriles is 1. The first-order valence-electron chi connectivity index (χ1n) is 4.51. The van der Waals surface area contributed by atoms with Crippen molar-refractivity contribution < 1.29 is 9.53 Å². The highest BCUT2D eigenvalue weighted by Crippen LogP contribution is 2.26. The Morgan fingerprint density at radius 1 is 1.71 bits per heavy atom. The summed E-state index contributed by atoms with van der Waals surface area (Å²) in [7, 11) is 0. The van der Waals surface area contributed by atoms with Gasteiger partial charge in [-0.3, -0.25) is 4.79 Å². The van der Waals surface area contributed by atoms with Gasteiger partial charge in [-0.15, -0.1) is 0 Å². The van der Waals surface area contributed by atoms with Crippen molar-refractivity contribution in [2.24, 2.45) is 0 Å². The first kappa shape index (κ1) is 11.7. The maximum Gasteiger partial charge on any atom is 0.308 e. The van der Waals surface area contributed by atoms with Gasteiger partial charge in [-0.1, -0.05) is 0 Å². The number of thioether (sulfide) groups is 2. The lowest BCUT2D eigenvalue weighted by Crippen LogP contribution is -2.21. The van der Waals surface area contributed by atoms with E-state index in [-0.39, 0.29) is 5.97 Å². The maximum atomic E-state index is 11.3. The van der Waals surface area contributed by atoms with Gasteiger partial charge in [-0.25, -0.2) is 0 Å². The molecule has 2 atom stereocenters. The molecule has 0 aromatic heterocycles. The molecule has 3 nitrogen and oxygen atoms in total. The van der Waals surface area contributed by atoms with Crippen molar-refractivity contribution in [1.29, 1.82) is 5.26 Å². The fraction of sp³-hybridized carbons (Fsp3) is 0.778. The van der Waals surface area contributed by atoms with Gasteiger partial charge in [0.25, 0.3) is 0 Å². The summed E-state index contributed by atoms with van der Waals surface area (Å²) in [5.74, 6) is 3.04. The van der Waals surface area contributed by atoms with E-state index in [1.54, 1.807) is 6.92 Å². The molecule has 78 valence electrons. The van der Waals surface area contributed by atoms with Crippen LogP contribution in [0.3, 0.4) is 0 Å². The minimum absolute atomic E-state index is 0.251. The van der Waals surface area contributed by atoms with Gasteiger partial charge in [0.05, 0.1) is 6.42 Å². The Kier molecular flexibility index (Phi) is 5.20. The third-order valence-corrected chi connectivity index (χ3v) is 4.61. The molecule has 0 aromatic carbocycles. The molecule has 0 aromatic rings. The van der Waals surface area contributed by atoms with Crippen molar-refractivity contribution in [3.63, 3.8) is 0 Å². The SMILES string of the molecule is C[C@H](C#N)OC(=O)C[C@H]1CSCCS1. The third-order valence-electron chi connectivity index (χ3n) is 1.77. The molecular formula is C9H13NO2S2. The molecule has 1 fully saturated rings. The summed E-state index contributed by atoms with van der Waals surface area (Å²) >= 11 is 3.70. The number of rotatable bonds is 3. The lowest BCUT2D eigenvalue weighted by Gasteiger charge is -2.20. The highest BCUT2D eigenvalue weighted by Gasteiger charge is 2.19. The average Bonchev–Trinajstić information content (AvgIpc) is 2.19. The molecule has 1 heterocycles. The molecule has 0 bridgehead atoms. The summed E-state index contributed by atoms with van der Waals surface area (Å²) in [6, 6.07) is 1.88. The van der Waals surface area contributed by atoms with Gasteiger partial charge in [-0.05, 0) is 6.92 Å². The molecule has 1 rings (SSSR count). The fourth-order valence-electron chi connectivity index (χ4n) is 1.11. The van der Waals surface area contributed by atoms with Crippen LogP contribution in [0.1, 0.15) is 13.3 Å². The van der Waals surface area contributed by atoms with E-state index >= 15 is 0 Å². The van der Waals surface area contributed by atoms with Crippen LogP contribution >= 0.6 is 23.5 Å². The summed E-state index contributed by atoms with van der Waals surface area (Å²) in [4.78, 5) is 11.3. The zero-order valence-corrected chi connectivity index (χ0v) is 9.70. The monoisotopic (exact) mass is 231 g/mol. The molecule has 5 heteroatoms. The predicted octanol–water partition coefficient (Wildman–Crippen LogP) is 1.68. The Hall–Kier alpha value is -0.340. The Morgan fingerprint density at radius 3 is 3.07 bits per heavy atom. The second-order valence-corrected chi connectivity index (χ2v) is 5.59. The quantitative estimate of drug-likeness (QED) is 0.692. The Morgan fingerprint density at radius 2 is 2.50 bits per heavy atom. The predicted molar refractivity (Wildman–Crippen MR) is 59.4 cm³/mol. The molecule has 0 unspecified atom stereocenters. The normalized spacial score (nSPS) is 23.6. The van der Waals surface area contributed by atoms with Crippen LogP contribution in [-0.4, -0.2) is 34.6 Å². The highest BCUT2D eigenvalue weighted by molar-refractivity contribution is 8.06. The molecule has 0 aliphatic carbocycles. The summed E-state index contributed by atoms with van der Waals surface area (Å²) in [6.45, 7) is 1.58. The van der Waals surface area contributed by atoms with Crippen molar-refractivity contribution in [2.45, 2.75) is 24.7 Å². The van der Waals surface area contributed by atoms with Crippen molar-refractivity contribution in [2.75, 3.05) is 17.3 Å². The molecule has 14 heavy (non-hydrogen) atoms. The second-order valence-electron chi connectivity index (χ2n) is 3.03. The van der Waals surface area contributed by atoms with Crippen LogP contribution in [0.25, 0.3) is 0 Å². The molecule has 0 spiro atoms. The summed E-state index contributed by atoms with van der Waals surface area (Å²) in [5, 5.41) is 8.82. The topological polar surface area (TPSA) is 50.1 Å². The molecule has 0 amide bonds. The number of carbonyl (C=O) groups is 1. The third kappa shape index (κ3) is 4.25. The Balaban J connectivity index is 2.22. The molecule has 1 aliphatic rings. The van der Waals surface area contributed by atoms with Crippen LogP contribution in [-0.2, 0) is 9.53 Å². The number of nitrogens with zero attached hydrogens (tertiary/aromatic N) is 1. The van der Waals surface area contributed by atoms with Crippen LogP contribution in [0, 0.1) is 11.3 Å². The van der Waals surface area contributed by atoms with Gasteiger partial charge in [0, 0.05) is 22.5 Å². The minimum atomic E-state index is -0.622. The van der Waals surface area contributed by atoms with Gasteiger partial charge in [0.15, 0.2) is 6.10 Å². The summed E-state index contributed by atoms with van der Waals surface area (Å²) in [5.41, 5.74) is 0. The number of hydrogen-bond donors (Lipinski definition) is 0. The number of carbonyl (C=O) groups excluding carboxylic acids is 1. The van der Waals surface area contributed by atoms with Crippen LogP contribution < -0.4 is 0 Å². The van der Waals surface area contributed by atoms with E-state index in [0.29, 0.717) is 11.7 Å². The molecule has 0 radical (unpaired) electrons. The Bertz CT molecular complexity index is 233. The van der Waals surface area contributed by atoms with Crippen LogP contribution in [0.2, 0.25) is 0 Å². The zero-order chi connectivity index (χ0) is 10.4. The first-order chi connectivity index (χ1) is 6.72. The van der Waals surface area contributed by atoms with E-state index in [9.17, 15) is 4.79 Å². The molecule has 1 saturated heterocycles. The van der Waals surface area contributed by atoms with Gasteiger partial charge in [0.2, 0.25) is 0 Å². The maximum absolute atomic E-state index is 11.3. The summed E-state index contributed by atoms with van der Waals surface area (Å²) < 4.78 is 4.88. The average molecular weight is 231 g/mol. The standard InChI is InChI=1S/C9H13NO2S2/c1-7(5-10)12-9(11)4-8-6-13-2-3-14-8/h7-8H,2-4,6H2,1H3/t7-,8+/m1/s1. The van der Waals surface area contributed by atoms with Crippen LogP contribution in [0.4, 0.5) is 0 Å². The van der Waals surface area contributed by atoms with Crippen molar-refractivity contribution >= 4 is 29.5 Å². The molecule has 0 saturated carbocycles. The fourth-order valence-corrected chi connectivity index (χ4v) is 3.78. The van der Waals surface area contributed by atoms with E-state index in [1.165, 1.54) is 5.75 Å². The summed E-state index contributed by atoms with van der Waals surface area (Å²) in [6.07, 6.45) is -0.187. The van der Waals surface area contributed by atoms with E-state index in [2.05, 4.69) is 0 Å². The van der Waals surface area contributed by atoms with Gasteiger partial charge >= 0.3 is 5.97 Å². The van der Waals surface area contributed by atoms with Crippen LogP contribution in [0.15, 0.2) is 0 Å². The molecule has 1 aliphatic heterocycles. The van der Waals surface area contributed by atoms with Crippen molar-refractivity contribution in [3.8, 4) is 6.07 Å². The van der Waals surface area contributed by atoms with Gasteiger partial charge < -0.3 is 4.74 Å². The lowest BCUT2D eigenvalue weighted by molar-refractivity contribution is -0.145. The number of ether oxygens (including phenoxy) is 1. The number of hydrogen-bond acceptors (Lipinski definition) is 5. The van der Waals surface area contributed by atoms with E-state index in [0.717, 1.165) is 11.5 Å². The van der Waals surface area contributed by atoms with Gasteiger partial charge in [0.1, 0.15) is 6.07 Å². The van der Waals surface area contributed by atoms with Crippen molar-refractivity contribution in [1.82, 2.24) is 0 Å². The molecule has 0 N–H and O–H groups in total. The van der Waals surface area contributed by atoms with E-state index in [1.807, 2.05) is 29.6 Å². The number of esters is 1. The first-order valence-corrected chi connectivity index (χ1v) is 6.71. The van der Waals surface area contributed by atoms with Gasteiger partial charge in [-0.2, -0.15) is 28.8 Å². The molecular weight excluding hydrogens is 218 g/mol. The largest absolute Gasteiger partial charge is 0.447 e. The Labute approximate surface area is 92.6 Å². The van der Waals surface area contributed by atoms with Crippen molar-refractivity contribution in [3.05, 3.63) is 0 Å².